The molecule has 0 bridgehead atoms. The van der Waals surface area contributed by atoms with E-state index >= 15 is 0 Å². The van der Waals surface area contributed by atoms with Gasteiger partial charge < -0.3 is 10.1 Å². The van der Waals surface area contributed by atoms with Crippen LogP contribution >= 0.6 is 0 Å². The fourth-order valence-corrected chi connectivity index (χ4v) is 2.27. The highest BCUT2D eigenvalue weighted by Crippen LogP contribution is 2.34. The van der Waals surface area contributed by atoms with Crippen LogP contribution in [0.5, 0.6) is 0 Å². The molecule has 0 aromatic carbocycles. The summed E-state index contributed by atoms with van der Waals surface area (Å²) < 4.78 is 39.9. The van der Waals surface area contributed by atoms with Crippen LogP contribution < -0.4 is 5.32 Å². The van der Waals surface area contributed by atoms with Crippen LogP contribution in [0.2, 0.25) is 0 Å². The maximum absolute atomic E-state index is 11.8. The Bertz CT molecular complexity index is 231. The molecule has 0 unspecified atom stereocenters. The van der Waals surface area contributed by atoms with Gasteiger partial charge in [0.25, 0.3) is 0 Å². The molecule has 1 saturated carbocycles. The minimum atomic E-state index is -4.21. The van der Waals surface area contributed by atoms with Crippen molar-refractivity contribution in [3.63, 3.8) is 0 Å². The minimum absolute atomic E-state index is 0.171. The van der Waals surface area contributed by atoms with E-state index in [1.807, 2.05) is 0 Å². The second-order valence-corrected chi connectivity index (χ2v) is 5.91. The lowest BCUT2D eigenvalue weighted by Crippen LogP contribution is -2.36. The van der Waals surface area contributed by atoms with Crippen molar-refractivity contribution in [2.24, 2.45) is 5.41 Å². The molecule has 0 radical (unpaired) electrons. The average molecular weight is 267 g/mol. The van der Waals surface area contributed by atoms with Gasteiger partial charge in [-0.15, -0.1) is 0 Å². The van der Waals surface area contributed by atoms with Crippen LogP contribution in [0.15, 0.2) is 0 Å². The SMILES string of the molecule is CC1(C)CCC(NCCCOCC(F)(F)F)CC1. The zero-order valence-corrected chi connectivity index (χ0v) is 11.3. The predicted octanol–water partition coefficient (Wildman–Crippen LogP) is 3.51. The van der Waals surface area contributed by atoms with Gasteiger partial charge in [-0.05, 0) is 44.1 Å². The van der Waals surface area contributed by atoms with Crippen LogP contribution in [0, 0.1) is 5.41 Å². The monoisotopic (exact) mass is 267 g/mol. The molecule has 1 fully saturated rings. The maximum Gasteiger partial charge on any atom is 0.411 e. The lowest BCUT2D eigenvalue weighted by Gasteiger charge is -2.34. The van der Waals surface area contributed by atoms with Gasteiger partial charge in [0.15, 0.2) is 0 Å². The molecular weight excluding hydrogens is 243 g/mol. The number of halogens is 3. The highest BCUT2D eigenvalue weighted by molar-refractivity contribution is 4.81. The predicted molar refractivity (Wildman–Crippen MR) is 65.5 cm³/mol. The molecular formula is C13H24F3NO. The summed E-state index contributed by atoms with van der Waals surface area (Å²) in [5.74, 6) is 0. The van der Waals surface area contributed by atoms with Gasteiger partial charge in [-0.2, -0.15) is 13.2 Å². The Labute approximate surface area is 107 Å². The summed E-state index contributed by atoms with van der Waals surface area (Å²) in [6, 6.07) is 0.528. The first kappa shape index (κ1) is 15.8. The van der Waals surface area contributed by atoms with E-state index in [0.29, 0.717) is 17.9 Å². The Morgan fingerprint density at radius 2 is 1.83 bits per heavy atom. The van der Waals surface area contributed by atoms with E-state index in [4.69, 9.17) is 0 Å². The van der Waals surface area contributed by atoms with Gasteiger partial charge in [0.05, 0.1) is 0 Å². The van der Waals surface area contributed by atoms with E-state index < -0.39 is 12.8 Å². The highest BCUT2D eigenvalue weighted by Gasteiger charge is 2.27. The molecule has 1 rings (SSSR count). The first-order valence-corrected chi connectivity index (χ1v) is 6.66. The van der Waals surface area contributed by atoms with Crippen molar-refractivity contribution in [1.29, 1.82) is 0 Å². The van der Waals surface area contributed by atoms with E-state index in [1.54, 1.807) is 0 Å². The Kier molecular flexibility index (Phi) is 5.92. The zero-order chi connectivity index (χ0) is 13.6. The van der Waals surface area contributed by atoms with Crippen LogP contribution in [-0.2, 0) is 4.74 Å². The lowest BCUT2D eigenvalue weighted by molar-refractivity contribution is -0.173. The summed E-state index contributed by atoms with van der Waals surface area (Å²) in [4.78, 5) is 0. The van der Waals surface area contributed by atoms with Gasteiger partial charge in [-0.3, -0.25) is 0 Å². The quantitative estimate of drug-likeness (QED) is 0.744. The van der Waals surface area contributed by atoms with Gasteiger partial charge in [-0.25, -0.2) is 0 Å². The lowest BCUT2D eigenvalue weighted by atomic mass is 9.75. The highest BCUT2D eigenvalue weighted by atomic mass is 19.4. The fourth-order valence-electron chi connectivity index (χ4n) is 2.27. The van der Waals surface area contributed by atoms with Crippen molar-refractivity contribution in [3.8, 4) is 0 Å². The average Bonchev–Trinajstić information content (AvgIpc) is 2.23. The van der Waals surface area contributed by atoms with E-state index in [-0.39, 0.29) is 6.61 Å². The standard InChI is InChI=1S/C13H24F3NO/c1-12(2)6-4-11(5-7-12)17-8-3-9-18-10-13(14,15)16/h11,17H,3-10H2,1-2H3. The third-order valence-electron chi connectivity index (χ3n) is 3.50. The molecule has 5 heteroatoms. The van der Waals surface area contributed by atoms with Crippen molar-refractivity contribution in [2.75, 3.05) is 19.8 Å². The number of nitrogens with one attached hydrogen (secondary N) is 1. The third-order valence-corrected chi connectivity index (χ3v) is 3.50. The van der Waals surface area contributed by atoms with Gasteiger partial charge in [-0.1, -0.05) is 13.8 Å². The topological polar surface area (TPSA) is 21.3 Å². The molecule has 18 heavy (non-hydrogen) atoms. The molecule has 1 aliphatic rings. The number of ether oxygens (including phenoxy) is 1. The summed E-state index contributed by atoms with van der Waals surface area (Å²) in [5.41, 5.74) is 0.452. The Morgan fingerprint density at radius 1 is 1.22 bits per heavy atom. The van der Waals surface area contributed by atoms with Crippen molar-refractivity contribution < 1.29 is 17.9 Å². The van der Waals surface area contributed by atoms with E-state index in [9.17, 15) is 13.2 Å². The summed E-state index contributed by atoms with van der Waals surface area (Å²) in [6.45, 7) is 4.35. The fraction of sp³-hybridized carbons (Fsp3) is 1.00. The smallest absolute Gasteiger partial charge is 0.372 e. The van der Waals surface area contributed by atoms with Crippen molar-refractivity contribution in [3.05, 3.63) is 0 Å². The molecule has 0 saturated heterocycles. The Hall–Kier alpha value is -0.290. The number of hydrogen-bond acceptors (Lipinski definition) is 2. The third kappa shape index (κ3) is 7.21. The molecule has 0 atom stereocenters. The van der Waals surface area contributed by atoms with Gasteiger partial charge in [0, 0.05) is 12.6 Å². The molecule has 1 aliphatic carbocycles. The zero-order valence-electron chi connectivity index (χ0n) is 11.3. The first-order chi connectivity index (χ1) is 8.29. The van der Waals surface area contributed by atoms with Gasteiger partial charge in [0.2, 0.25) is 0 Å². The molecule has 0 spiro atoms. The summed E-state index contributed by atoms with van der Waals surface area (Å²) in [6.07, 6.45) is 1.19. The number of alkyl halides is 3. The van der Waals surface area contributed by atoms with Crippen molar-refractivity contribution >= 4 is 0 Å². The van der Waals surface area contributed by atoms with Crippen LogP contribution in [0.4, 0.5) is 13.2 Å². The van der Waals surface area contributed by atoms with Crippen LogP contribution in [0.25, 0.3) is 0 Å². The number of hydrogen-bond donors (Lipinski definition) is 1. The molecule has 0 amide bonds. The largest absolute Gasteiger partial charge is 0.411 e. The van der Waals surface area contributed by atoms with Crippen LogP contribution in [0.1, 0.15) is 46.0 Å². The Balaban J connectivity index is 1.96. The maximum atomic E-state index is 11.8. The minimum Gasteiger partial charge on any atom is -0.372 e. The summed E-state index contributed by atoms with van der Waals surface area (Å²) in [7, 11) is 0. The second-order valence-electron chi connectivity index (χ2n) is 5.91. The molecule has 1 N–H and O–H groups in total. The molecule has 0 aromatic rings. The van der Waals surface area contributed by atoms with Crippen LogP contribution in [0.3, 0.4) is 0 Å². The molecule has 0 aliphatic heterocycles. The number of rotatable bonds is 6. The van der Waals surface area contributed by atoms with Crippen LogP contribution in [-0.4, -0.2) is 32.0 Å². The van der Waals surface area contributed by atoms with E-state index in [1.165, 1.54) is 12.8 Å². The molecule has 0 heterocycles. The van der Waals surface area contributed by atoms with E-state index in [2.05, 4.69) is 23.9 Å². The Morgan fingerprint density at radius 3 is 2.39 bits per heavy atom. The van der Waals surface area contributed by atoms with Crippen molar-refractivity contribution in [2.45, 2.75) is 58.2 Å². The molecule has 2 nitrogen and oxygen atoms in total. The summed E-state index contributed by atoms with van der Waals surface area (Å²) >= 11 is 0. The summed E-state index contributed by atoms with van der Waals surface area (Å²) in [5, 5.41) is 3.40. The second kappa shape index (κ2) is 6.75. The normalized spacial score (nSPS) is 21.2. The molecule has 0 aromatic heterocycles. The first-order valence-electron chi connectivity index (χ1n) is 6.66. The van der Waals surface area contributed by atoms with E-state index in [0.717, 1.165) is 19.4 Å². The van der Waals surface area contributed by atoms with Gasteiger partial charge in [0.1, 0.15) is 6.61 Å². The van der Waals surface area contributed by atoms with Gasteiger partial charge >= 0.3 is 6.18 Å². The van der Waals surface area contributed by atoms with Crippen molar-refractivity contribution in [1.82, 2.24) is 5.32 Å². The molecule has 108 valence electrons.